The number of benzene rings is 1. The molecule has 0 atom stereocenters. The number of pyridine rings is 1. The van der Waals surface area contributed by atoms with Crippen molar-refractivity contribution in [1.82, 2.24) is 10.3 Å². The van der Waals surface area contributed by atoms with E-state index in [1.54, 1.807) is 12.4 Å². The second-order valence-electron chi connectivity index (χ2n) is 5.19. The highest BCUT2D eigenvalue weighted by molar-refractivity contribution is 6.32. The van der Waals surface area contributed by atoms with Crippen LogP contribution in [0.4, 0.5) is 0 Å². The number of furan rings is 1. The summed E-state index contributed by atoms with van der Waals surface area (Å²) in [5, 5.41) is 4.39. The molecule has 1 amide bonds. The Kier molecular flexibility index (Phi) is 3.86. The third-order valence-corrected chi connectivity index (χ3v) is 4.03. The fraction of sp³-hybridized carbons (Fsp3) is 0.176. The lowest BCUT2D eigenvalue weighted by molar-refractivity contribution is 0.0924. The molecule has 0 aliphatic heterocycles. The molecule has 22 heavy (non-hydrogen) atoms. The number of fused-ring (bicyclic) bond motifs is 1. The lowest BCUT2D eigenvalue weighted by atomic mass is 10.1. The van der Waals surface area contributed by atoms with Crippen molar-refractivity contribution >= 4 is 28.5 Å². The van der Waals surface area contributed by atoms with Crippen LogP contribution in [0.5, 0.6) is 0 Å². The molecular weight excluding hydrogens is 300 g/mol. The fourth-order valence-electron chi connectivity index (χ4n) is 2.32. The Morgan fingerprint density at radius 1 is 1.27 bits per heavy atom. The lowest BCUT2D eigenvalue weighted by Gasteiger charge is -2.03. The maximum Gasteiger partial charge on any atom is 0.287 e. The summed E-state index contributed by atoms with van der Waals surface area (Å²) in [7, 11) is 0. The van der Waals surface area contributed by atoms with E-state index in [0.717, 1.165) is 22.1 Å². The van der Waals surface area contributed by atoms with E-state index in [4.69, 9.17) is 16.0 Å². The summed E-state index contributed by atoms with van der Waals surface area (Å²) in [6.45, 7) is 4.19. The Hall–Kier alpha value is -2.33. The molecule has 5 heteroatoms. The SMILES string of the molecule is Cc1cc2oc(C(=O)NCc3ccncc3)c(C)c2cc1Cl. The standard InChI is InChI=1S/C17H15ClN2O2/c1-10-7-15-13(8-14(10)18)11(2)16(22-15)17(21)20-9-12-3-5-19-6-4-12/h3-8H,9H2,1-2H3,(H,20,21). The molecule has 0 fully saturated rings. The van der Waals surface area contributed by atoms with Crippen LogP contribution in [0.3, 0.4) is 0 Å². The second kappa shape index (κ2) is 5.81. The third kappa shape index (κ3) is 2.70. The topological polar surface area (TPSA) is 55.1 Å². The van der Waals surface area contributed by atoms with Gasteiger partial charge in [-0.1, -0.05) is 11.6 Å². The van der Waals surface area contributed by atoms with Gasteiger partial charge in [0.1, 0.15) is 5.58 Å². The average Bonchev–Trinajstić information content (AvgIpc) is 2.83. The first-order valence-electron chi connectivity index (χ1n) is 6.92. The van der Waals surface area contributed by atoms with Crippen LogP contribution in [0.2, 0.25) is 5.02 Å². The minimum atomic E-state index is -0.237. The summed E-state index contributed by atoms with van der Waals surface area (Å²) >= 11 is 6.14. The number of carbonyl (C=O) groups is 1. The van der Waals surface area contributed by atoms with Crippen LogP contribution in [0, 0.1) is 13.8 Å². The molecule has 3 aromatic rings. The molecule has 4 nitrogen and oxygen atoms in total. The van der Waals surface area contributed by atoms with Gasteiger partial charge in [0, 0.05) is 34.9 Å². The number of rotatable bonds is 3. The van der Waals surface area contributed by atoms with Crippen molar-refractivity contribution in [3.63, 3.8) is 0 Å². The van der Waals surface area contributed by atoms with Gasteiger partial charge >= 0.3 is 0 Å². The predicted molar refractivity (Wildman–Crippen MR) is 86.1 cm³/mol. The maximum absolute atomic E-state index is 12.3. The minimum Gasteiger partial charge on any atom is -0.451 e. The first-order chi connectivity index (χ1) is 10.6. The minimum absolute atomic E-state index is 0.237. The van der Waals surface area contributed by atoms with Crippen molar-refractivity contribution < 1.29 is 9.21 Å². The zero-order valence-corrected chi connectivity index (χ0v) is 13.1. The smallest absolute Gasteiger partial charge is 0.287 e. The number of hydrogen-bond acceptors (Lipinski definition) is 3. The van der Waals surface area contributed by atoms with Gasteiger partial charge in [0.15, 0.2) is 5.76 Å². The lowest BCUT2D eigenvalue weighted by Crippen LogP contribution is -2.22. The molecule has 2 aromatic heterocycles. The summed E-state index contributed by atoms with van der Waals surface area (Å²) < 4.78 is 5.70. The number of nitrogens with one attached hydrogen (secondary N) is 1. The van der Waals surface area contributed by atoms with Crippen LogP contribution < -0.4 is 5.32 Å². The first kappa shape index (κ1) is 14.6. The molecule has 112 valence electrons. The Bertz CT molecular complexity index is 841. The molecule has 0 spiro atoms. The van der Waals surface area contributed by atoms with Crippen molar-refractivity contribution in [2.45, 2.75) is 20.4 Å². The van der Waals surface area contributed by atoms with Gasteiger partial charge in [-0.25, -0.2) is 0 Å². The van der Waals surface area contributed by atoms with Crippen molar-refractivity contribution in [1.29, 1.82) is 0 Å². The van der Waals surface area contributed by atoms with Gasteiger partial charge in [-0.3, -0.25) is 9.78 Å². The average molecular weight is 315 g/mol. The highest BCUT2D eigenvalue weighted by atomic mass is 35.5. The highest BCUT2D eigenvalue weighted by Gasteiger charge is 2.18. The van der Waals surface area contributed by atoms with Gasteiger partial charge in [0.05, 0.1) is 0 Å². The van der Waals surface area contributed by atoms with Gasteiger partial charge in [-0.2, -0.15) is 0 Å². The monoisotopic (exact) mass is 314 g/mol. The molecule has 0 unspecified atom stereocenters. The van der Waals surface area contributed by atoms with E-state index < -0.39 is 0 Å². The summed E-state index contributed by atoms with van der Waals surface area (Å²) in [5.74, 6) is 0.0880. The second-order valence-corrected chi connectivity index (χ2v) is 5.60. The van der Waals surface area contributed by atoms with Crippen molar-refractivity contribution in [2.75, 3.05) is 0 Å². The van der Waals surface area contributed by atoms with Crippen LogP contribution in [0.1, 0.15) is 27.2 Å². The molecule has 1 aromatic carbocycles. The van der Waals surface area contributed by atoms with Gasteiger partial charge in [-0.05, 0) is 49.2 Å². The Morgan fingerprint density at radius 2 is 2.00 bits per heavy atom. The van der Waals surface area contributed by atoms with Crippen molar-refractivity contribution in [3.05, 3.63) is 64.1 Å². The summed E-state index contributed by atoms with van der Waals surface area (Å²) in [4.78, 5) is 16.3. The Balaban J connectivity index is 1.86. The molecule has 0 saturated heterocycles. The number of carbonyl (C=O) groups excluding carboxylic acids is 1. The van der Waals surface area contributed by atoms with Gasteiger partial charge in [0.2, 0.25) is 0 Å². The summed E-state index contributed by atoms with van der Waals surface area (Å²) in [6, 6.07) is 7.40. The molecule has 2 heterocycles. The van der Waals surface area contributed by atoms with Crippen LogP contribution in [0.15, 0.2) is 41.1 Å². The van der Waals surface area contributed by atoms with E-state index in [9.17, 15) is 4.79 Å². The van der Waals surface area contributed by atoms with Gasteiger partial charge in [0.25, 0.3) is 5.91 Å². The van der Waals surface area contributed by atoms with Gasteiger partial charge in [-0.15, -0.1) is 0 Å². The van der Waals surface area contributed by atoms with E-state index in [0.29, 0.717) is 22.9 Å². The highest BCUT2D eigenvalue weighted by Crippen LogP contribution is 2.30. The van der Waals surface area contributed by atoms with Crippen LogP contribution in [-0.4, -0.2) is 10.9 Å². The zero-order valence-electron chi connectivity index (χ0n) is 12.3. The van der Waals surface area contributed by atoms with E-state index in [1.807, 2.05) is 38.1 Å². The van der Waals surface area contributed by atoms with E-state index in [1.165, 1.54) is 0 Å². The number of nitrogens with zero attached hydrogens (tertiary/aromatic N) is 1. The third-order valence-electron chi connectivity index (χ3n) is 3.63. The summed E-state index contributed by atoms with van der Waals surface area (Å²) in [5.41, 5.74) is 3.38. The van der Waals surface area contributed by atoms with Crippen molar-refractivity contribution in [2.24, 2.45) is 0 Å². The number of hydrogen-bond donors (Lipinski definition) is 1. The van der Waals surface area contributed by atoms with E-state index in [2.05, 4.69) is 10.3 Å². The molecule has 1 N–H and O–H groups in total. The van der Waals surface area contributed by atoms with E-state index >= 15 is 0 Å². The molecule has 0 radical (unpaired) electrons. The van der Waals surface area contributed by atoms with Crippen molar-refractivity contribution in [3.8, 4) is 0 Å². The largest absolute Gasteiger partial charge is 0.451 e. The van der Waals surface area contributed by atoms with Gasteiger partial charge < -0.3 is 9.73 Å². The Labute approximate surface area is 133 Å². The van der Waals surface area contributed by atoms with Crippen LogP contribution >= 0.6 is 11.6 Å². The maximum atomic E-state index is 12.3. The molecule has 0 aliphatic carbocycles. The fourth-order valence-corrected chi connectivity index (χ4v) is 2.48. The van der Waals surface area contributed by atoms with E-state index in [-0.39, 0.29) is 5.91 Å². The molecule has 0 aliphatic rings. The number of amides is 1. The zero-order chi connectivity index (χ0) is 15.7. The Morgan fingerprint density at radius 3 is 2.73 bits per heavy atom. The number of aryl methyl sites for hydroxylation is 2. The van der Waals surface area contributed by atoms with Crippen LogP contribution in [-0.2, 0) is 6.54 Å². The molecule has 3 rings (SSSR count). The number of aromatic nitrogens is 1. The first-order valence-corrected chi connectivity index (χ1v) is 7.30. The predicted octanol–water partition coefficient (Wildman–Crippen LogP) is 4.03. The van der Waals surface area contributed by atoms with Crippen LogP contribution in [0.25, 0.3) is 11.0 Å². The normalized spacial score (nSPS) is 10.9. The molecule has 0 saturated carbocycles. The molecular formula is C17H15ClN2O2. The number of halogens is 1. The molecule has 0 bridgehead atoms. The quantitative estimate of drug-likeness (QED) is 0.794. The summed E-state index contributed by atoms with van der Waals surface area (Å²) in [6.07, 6.45) is 3.39.